The summed E-state index contributed by atoms with van der Waals surface area (Å²) in [7, 11) is 0. The minimum atomic E-state index is -0.283. The van der Waals surface area contributed by atoms with Crippen LogP contribution in [0.5, 0.6) is 0 Å². The van der Waals surface area contributed by atoms with Gasteiger partial charge in [-0.25, -0.2) is 4.98 Å². The molecule has 4 rings (SSSR count). The summed E-state index contributed by atoms with van der Waals surface area (Å²) in [6.45, 7) is 6.00. The number of ether oxygens (including phenoxy) is 1. The molecule has 1 saturated heterocycles. The monoisotopic (exact) mass is 458 g/mol. The SMILES string of the molecule is CC1CN(c2ccc(CNC(=O)CNC(=O)c3ccc(-c4ccccc4)cc3)cn2)CC(C)O1. The van der Waals surface area contributed by atoms with Crippen molar-refractivity contribution in [2.24, 2.45) is 0 Å². The quantitative estimate of drug-likeness (QED) is 0.567. The predicted molar refractivity (Wildman–Crippen MR) is 133 cm³/mol. The Morgan fingerprint density at radius 1 is 0.912 bits per heavy atom. The Bertz CT molecular complexity index is 1090. The van der Waals surface area contributed by atoms with Gasteiger partial charge in [0, 0.05) is 31.4 Å². The molecule has 0 bridgehead atoms. The lowest BCUT2D eigenvalue weighted by atomic mass is 10.0. The first-order valence-electron chi connectivity index (χ1n) is 11.5. The lowest BCUT2D eigenvalue weighted by Gasteiger charge is -2.36. The highest BCUT2D eigenvalue weighted by molar-refractivity contribution is 5.96. The second kappa shape index (κ2) is 10.9. The van der Waals surface area contributed by atoms with E-state index in [2.05, 4.69) is 34.4 Å². The molecule has 2 unspecified atom stereocenters. The van der Waals surface area contributed by atoms with E-state index in [0.717, 1.165) is 35.6 Å². The number of morpholine rings is 1. The third kappa shape index (κ3) is 6.20. The number of hydrogen-bond donors (Lipinski definition) is 2. The number of nitrogens with one attached hydrogen (secondary N) is 2. The number of pyridine rings is 1. The molecule has 2 amide bonds. The molecule has 1 aliphatic heterocycles. The van der Waals surface area contributed by atoms with Crippen LogP contribution in [0.3, 0.4) is 0 Å². The number of amides is 2. The average Bonchev–Trinajstić information content (AvgIpc) is 2.86. The maximum atomic E-state index is 12.4. The number of hydrogen-bond acceptors (Lipinski definition) is 5. The molecule has 1 aliphatic rings. The van der Waals surface area contributed by atoms with Crippen molar-refractivity contribution in [3.05, 3.63) is 84.1 Å². The molecule has 176 valence electrons. The molecule has 2 atom stereocenters. The minimum Gasteiger partial charge on any atom is -0.372 e. The van der Waals surface area contributed by atoms with Gasteiger partial charge in [-0.2, -0.15) is 0 Å². The van der Waals surface area contributed by atoms with Crippen molar-refractivity contribution in [2.75, 3.05) is 24.5 Å². The molecule has 2 N–H and O–H groups in total. The highest BCUT2D eigenvalue weighted by atomic mass is 16.5. The van der Waals surface area contributed by atoms with Crippen LogP contribution in [0.1, 0.15) is 29.8 Å². The molecule has 34 heavy (non-hydrogen) atoms. The Labute approximate surface area is 200 Å². The fourth-order valence-corrected chi connectivity index (χ4v) is 4.04. The van der Waals surface area contributed by atoms with Crippen molar-refractivity contribution in [1.82, 2.24) is 15.6 Å². The van der Waals surface area contributed by atoms with Crippen LogP contribution in [0, 0.1) is 0 Å². The highest BCUT2D eigenvalue weighted by Crippen LogP contribution is 2.20. The first-order chi connectivity index (χ1) is 16.5. The van der Waals surface area contributed by atoms with Crippen molar-refractivity contribution in [2.45, 2.75) is 32.6 Å². The molecule has 0 saturated carbocycles. The Morgan fingerprint density at radius 3 is 2.24 bits per heavy atom. The van der Waals surface area contributed by atoms with Gasteiger partial charge in [-0.1, -0.05) is 48.5 Å². The maximum absolute atomic E-state index is 12.4. The number of benzene rings is 2. The molecule has 0 aliphatic carbocycles. The summed E-state index contributed by atoms with van der Waals surface area (Å²) in [5, 5.41) is 5.49. The predicted octanol–water partition coefficient (Wildman–Crippen LogP) is 3.41. The van der Waals surface area contributed by atoms with E-state index in [1.54, 1.807) is 18.3 Å². The molecule has 1 fully saturated rings. The van der Waals surface area contributed by atoms with Crippen molar-refractivity contribution >= 4 is 17.6 Å². The van der Waals surface area contributed by atoms with E-state index in [9.17, 15) is 9.59 Å². The summed E-state index contributed by atoms with van der Waals surface area (Å²) in [5.74, 6) is 0.367. The number of rotatable bonds is 7. The van der Waals surface area contributed by atoms with Crippen LogP contribution in [0.25, 0.3) is 11.1 Å². The molecule has 3 aromatic rings. The van der Waals surface area contributed by atoms with Crippen LogP contribution >= 0.6 is 0 Å². The number of anilines is 1. The fourth-order valence-electron chi connectivity index (χ4n) is 4.04. The van der Waals surface area contributed by atoms with E-state index in [1.807, 2.05) is 54.6 Å². The second-order valence-electron chi connectivity index (χ2n) is 8.59. The number of carbonyl (C=O) groups is 2. The first-order valence-corrected chi connectivity index (χ1v) is 11.5. The van der Waals surface area contributed by atoms with Crippen LogP contribution in [0.4, 0.5) is 5.82 Å². The molecule has 7 heteroatoms. The van der Waals surface area contributed by atoms with E-state index in [-0.39, 0.29) is 30.6 Å². The van der Waals surface area contributed by atoms with Gasteiger partial charge >= 0.3 is 0 Å². The van der Waals surface area contributed by atoms with E-state index in [1.165, 1.54) is 0 Å². The molecular weight excluding hydrogens is 428 g/mol. The fraction of sp³-hybridized carbons (Fsp3) is 0.296. The standard InChI is InChI=1S/C27H30N4O3/c1-19-17-31(18-20(2)34-19)25-13-8-21(14-28-25)15-29-26(32)16-30-27(33)24-11-9-23(10-12-24)22-6-4-3-5-7-22/h3-14,19-20H,15-18H2,1-2H3,(H,29,32)(H,30,33). The Kier molecular flexibility index (Phi) is 7.54. The molecule has 2 heterocycles. The summed E-state index contributed by atoms with van der Waals surface area (Å²) in [5.41, 5.74) is 3.53. The summed E-state index contributed by atoms with van der Waals surface area (Å²) in [6, 6.07) is 21.2. The largest absolute Gasteiger partial charge is 0.372 e. The molecule has 7 nitrogen and oxygen atoms in total. The summed E-state index contributed by atoms with van der Waals surface area (Å²) < 4.78 is 5.77. The number of aromatic nitrogens is 1. The zero-order valence-electron chi connectivity index (χ0n) is 19.5. The van der Waals surface area contributed by atoms with Gasteiger partial charge in [0.05, 0.1) is 18.8 Å². The Hall–Kier alpha value is -3.71. The number of carbonyl (C=O) groups excluding carboxylic acids is 2. The average molecular weight is 459 g/mol. The van der Waals surface area contributed by atoms with Gasteiger partial charge < -0.3 is 20.3 Å². The van der Waals surface area contributed by atoms with Gasteiger partial charge in [0.15, 0.2) is 0 Å². The summed E-state index contributed by atoms with van der Waals surface area (Å²) in [6.07, 6.45) is 2.11. The summed E-state index contributed by atoms with van der Waals surface area (Å²) >= 11 is 0. The number of nitrogens with zero attached hydrogens (tertiary/aromatic N) is 2. The van der Waals surface area contributed by atoms with Gasteiger partial charge in [-0.15, -0.1) is 0 Å². The van der Waals surface area contributed by atoms with Gasteiger partial charge in [-0.05, 0) is 48.7 Å². The van der Waals surface area contributed by atoms with Gasteiger partial charge in [0.2, 0.25) is 5.91 Å². The van der Waals surface area contributed by atoms with Gasteiger partial charge in [0.1, 0.15) is 5.82 Å². The van der Waals surface area contributed by atoms with Crippen LogP contribution in [-0.2, 0) is 16.1 Å². The lowest BCUT2D eigenvalue weighted by molar-refractivity contribution is -0.120. The van der Waals surface area contributed by atoms with Crippen molar-refractivity contribution in [3.8, 4) is 11.1 Å². The maximum Gasteiger partial charge on any atom is 0.251 e. The normalized spacial score (nSPS) is 17.8. The smallest absolute Gasteiger partial charge is 0.251 e. The molecule has 1 aromatic heterocycles. The third-order valence-corrected chi connectivity index (χ3v) is 5.71. The Morgan fingerprint density at radius 2 is 1.59 bits per heavy atom. The molecule has 0 radical (unpaired) electrons. The van der Waals surface area contributed by atoms with E-state index in [0.29, 0.717) is 12.1 Å². The van der Waals surface area contributed by atoms with E-state index in [4.69, 9.17) is 4.74 Å². The van der Waals surface area contributed by atoms with E-state index < -0.39 is 0 Å². The van der Waals surface area contributed by atoms with Crippen LogP contribution in [-0.4, -0.2) is 48.6 Å². The van der Waals surface area contributed by atoms with Crippen molar-refractivity contribution in [1.29, 1.82) is 0 Å². The van der Waals surface area contributed by atoms with Gasteiger partial charge in [0.25, 0.3) is 5.91 Å². The van der Waals surface area contributed by atoms with Crippen molar-refractivity contribution < 1.29 is 14.3 Å². The van der Waals surface area contributed by atoms with Crippen LogP contribution in [0.15, 0.2) is 72.9 Å². The van der Waals surface area contributed by atoms with Crippen LogP contribution < -0.4 is 15.5 Å². The minimum absolute atomic E-state index is 0.0890. The first kappa shape index (κ1) is 23.4. The lowest BCUT2D eigenvalue weighted by Crippen LogP contribution is -2.45. The molecule has 2 aromatic carbocycles. The zero-order valence-corrected chi connectivity index (χ0v) is 19.5. The van der Waals surface area contributed by atoms with Crippen molar-refractivity contribution in [3.63, 3.8) is 0 Å². The zero-order chi connectivity index (χ0) is 23.9. The Balaban J connectivity index is 1.22. The molecule has 0 spiro atoms. The second-order valence-corrected chi connectivity index (χ2v) is 8.59. The molecular formula is C27H30N4O3. The van der Waals surface area contributed by atoms with Gasteiger partial charge in [-0.3, -0.25) is 9.59 Å². The van der Waals surface area contributed by atoms with E-state index >= 15 is 0 Å². The highest BCUT2D eigenvalue weighted by Gasteiger charge is 2.23. The topological polar surface area (TPSA) is 83.6 Å². The van der Waals surface area contributed by atoms with Crippen LogP contribution in [0.2, 0.25) is 0 Å². The third-order valence-electron chi connectivity index (χ3n) is 5.71. The summed E-state index contributed by atoms with van der Waals surface area (Å²) in [4.78, 5) is 31.4.